The van der Waals surface area contributed by atoms with Crippen LogP contribution in [0.1, 0.15) is 6.42 Å². The Morgan fingerprint density at radius 3 is 2.14 bits per heavy atom. The Morgan fingerprint density at radius 2 is 1.86 bits per heavy atom. The Hall–Kier alpha value is -0.120. The molecule has 0 bridgehead atoms. The molecule has 0 unspecified atom stereocenters. The van der Waals surface area contributed by atoms with E-state index in [4.69, 9.17) is 15.2 Å². The van der Waals surface area contributed by atoms with Gasteiger partial charge < -0.3 is 9.47 Å². The van der Waals surface area contributed by atoms with E-state index in [0.29, 0.717) is 13.2 Å². The Morgan fingerprint density at radius 1 is 1.29 bits per heavy atom. The van der Waals surface area contributed by atoms with Crippen molar-refractivity contribution in [2.45, 2.75) is 12.8 Å². The second-order valence-electron chi connectivity index (χ2n) is 1.43. The number of ether oxygens (including phenoxy) is 2. The Kier molecular flexibility index (Phi) is 1.62. The normalized spacial score (nSPS) is 25.3. The third-order valence-corrected chi connectivity index (χ3v) is 0.827. The summed E-state index contributed by atoms with van der Waals surface area (Å²) < 4.78 is 9.44. The van der Waals surface area contributed by atoms with Crippen molar-refractivity contribution >= 4 is 0 Å². The first-order valence-corrected chi connectivity index (χ1v) is 2.34. The first-order valence-electron chi connectivity index (χ1n) is 2.34. The summed E-state index contributed by atoms with van der Waals surface area (Å²) in [5.74, 6) is 0. The smallest absolute Gasteiger partial charge is 0.229 e. The molecule has 3 nitrogen and oxygen atoms in total. The lowest BCUT2D eigenvalue weighted by molar-refractivity contribution is -0.178. The SMILES string of the molecule is [NH]C1OCCCO1. The standard InChI is InChI=1S/C4H8NO2/c5-4-6-2-1-3-7-4/h4-5H,1-3H2. The molecule has 1 saturated heterocycles. The molecule has 41 valence electrons. The monoisotopic (exact) mass is 102 g/mol. The van der Waals surface area contributed by atoms with Crippen LogP contribution < -0.4 is 5.73 Å². The molecule has 3 heteroatoms. The molecule has 1 fully saturated rings. The third kappa shape index (κ3) is 1.43. The van der Waals surface area contributed by atoms with Crippen molar-refractivity contribution < 1.29 is 9.47 Å². The molecule has 1 radical (unpaired) electrons. The predicted octanol–water partition coefficient (Wildman–Crippen LogP) is -0.0102. The predicted molar refractivity (Wildman–Crippen MR) is 23.4 cm³/mol. The maximum absolute atomic E-state index is 6.83. The van der Waals surface area contributed by atoms with Gasteiger partial charge in [-0.15, -0.1) is 0 Å². The highest BCUT2D eigenvalue weighted by Gasteiger charge is 2.06. The van der Waals surface area contributed by atoms with E-state index in [2.05, 4.69) is 0 Å². The number of hydrogen-bond acceptors (Lipinski definition) is 2. The highest BCUT2D eigenvalue weighted by Crippen LogP contribution is 1.98. The minimum absolute atomic E-state index is 0.675. The van der Waals surface area contributed by atoms with Crippen LogP contribution in [0.25, 0.3) is 0 Å². The van der Waals surface area contributed by atoms with E-state index in [1.165, 1.54) is 0 Å². The van der Waals surface area contributed by atoms with Crippen molar-refractivity contribution in [3.8, 4) is 0 Å². The lowest BCUT2D eigenvalue weighted by Crippen LogP contribution is -2.25. The molecule has 1 aliphatic rings. The molecule has 1 aliphatic heterocycles. The average molecular weight is 102 g/mol. The maximum Gasteiger partial charge on any atom is 0.229 e. The highest BCUT2D eigenvalue weighted by atomic mass is 16.7. The molecule has 0 amide bonds. The zero-order valence-electron chi connectivity index (χ0n) is 4.02. The summed E-state index contributed by atoms with van der Waals surface area (Å²) in [6, 6.07) is 0. The van der Waals surface area contributed by atoms with Crippen LogP contribution in [-0.2, 0) is 9.47 Å². The van der Waals surface area contributed by atoms with Gasteiger partial charge in [0.1, 0.15) is 0 Å². The third-order valence-electron chi connectivity index (χ3n) is 0.827. The second-order valence-corrected chi connectivity index (χ2v) is 1.43. The van der Waals surface area contributed by atoms with Gasteiger partial charge in [-0.3, -0.25) is 0 Å². The molecule has 0 aromatic rings. The first-order chi connectivity index (χ1) is 3.39. The van der Waals surface area contributed by atoms with Crippen molar-refractivity contribution in [3.05, 3.63) is 0 Å². The van der Waals surface area contributed by atoms with Crippen LogP contribution in [0.5, 0.6) is 0 Å². The Bertz CT molecular complexity index is 51.7. The lowest BCUT2D eigenvalue weighted by atomic mass is 10.5. The van der Waals surface area contributed by atoms with E-state index >= 15 is 0 Å². The molecule has 0 aromatic carbocycles. The van der Waals surface area contributed by atoms with Crippen molar-refractivity contribution in [1.29, 1.82) is 0 Å². The van der Waals surface area contributed by atoms with Crippen molar-refractivity contribution in [3.63, 3.8) is 0 Å². The van der Waals surface area contributed by atoms with Crippen molar-refractivity contribution in [1.82, 2.24) is 5.73 Å². The average Bonchev–Trinajstić information content (AvgIpc) is 1.69. The summed E-state index contributed by atoms with van der Waals surface area (Å²) in [6.45, 7) is 1.35. The Labute approximate surface area is 42.4 Å². The zero-order chi connectivity index (χ0) is 5.11. The van der Waals surface area contributed by atoms with E-state index in [9.17, 15) is 0 Å². The fraction of sp³-hybridized carbons (Fsp3) is 1.00. The van der Waals surface area contributed by atoms with Gasteiger partial charge in [-0.05, 0) is 6.42 Å². The minimum atomic E-state index is -0.714. The molecule has 0 aliphatic carbocycles. The molecule has 0 aromatic heterocycles. The van der Waals surface area contributed by atoms with Gasteiger partial charge in [-0.2, -0.15) is 0 Å². The highest BCUT2D eigenvalue weighted by molar-refractivity contribution is 4.40. The van der Waals surface area contributed by atoms with Gasteiger partial charge >= 0.3 is 0 Å². The molecular formula is C4H8NO2. The quantitative estimate of drug-likeness (QED) is 0.431. The number of rotatable bonds is 0. The summed E-state index contributed by atoms with van der Waals surface area (Å²) in [7, 11) is 0. The van der Waals surface area contributed by atoms with Crippen molar-refractivity contribution in [2.75, 3.05) is 13.2 Å². The number of hydrogen-bond donors (Lipinski definition) is 0. The summed E-state index contributed by atoms with van der Waals surface area (Å²) in [6.07, 6.45) is 0.212. The van der Waals surface area contributed by atoms with Gasteiger partial charge in [0.15, 0.2) is 0 Å². The van der Waals surface area contributed by atoms with Gasteiger partial charge in [0.05, 0.1) is 13.2 Å². The van der Waals surface area contributed by atoms with E-state index in [-0.39, 0.29) is 0 Å². The summed E-state index contributed by atoms with van der Waals surface area (Å²) in [4.78, 5) is 0. The van der Waals surface area contributed by atoms with Gasteiger partial charge in [-0.25, -0.2) is 5.73 Å². The van der Waals surface area contributed by atoms with E-state index in [0.717, 1.165) is 6.42 Å². The largest absolute Gasteiger partial charge is 0.339 e. The fourth-order valence-corrected chi connectivity index (χ4v) is 0.488. The zero-order valence-corrected chi connectivity index (χ0v) is 4.02. The van der Waals surface area contributed by atoms with Crippen LogP contribution >= 0.6 is 0 Å². The van der Waals surface area contributed by atoms with E-state index < -0.39 is 6.41 Å². The van der Waals surface area contributed by atoms with Gasteiger partial charge in [0.25, 0.3) is 0 Å². The molecule has 0 saturated carbocycles. The van der Waals surface area contributed by atoms with E-state index in [1.54, 1.807) is 0 Å². The first kappa shape index (κ1) is 5.03. The molecule has 1 heterocycles. The minimum Gasteiger partial charge on any atom is -0.339 e. The summed E-state index contributed by atoms with van der Waals surface area (Å²) >= 11 is 0. The number of nitrogens with one attached hydrogen (secondary N) is 1. The molecule has 1 N–H and O–H groups in total. The Balaban J connectivity index is 2.12. The lowest BCUT2D eigenvalue weighted by Gasteiger charge is -2.17. The van der Waals surface area contributed by atoms with Gasteiger partial charge in [-0.1, -0.05) is 0 Å². The fourth-order valence-electron chi connectivity index (χ4n) is 0.488. The van der Waals surface area contributed by atoms with Crippen LogP contribution in [0.15, 0.2) is 0 Å². The molecule has 7 heavy (non-hydrogen) atoms. The van der Waals surface area contributed by atoms with Crippen LogP contribution in [0.3, 0.4) is 0 Å². The molecule has 0 spiro atoms. The van der Waals surface area contributed by atoms with Crippen LogP contribution in [0, 0.1) is 0 Å². The van der Waals surface area contributed by atoms with Crippen LogP contribution in [0.4, 0.5) is 0 Å². The summed E-state index contributed by atoms with van der Waals surface area (Å²) in [5.41, 5.74) is 6.83. The van der Waals surface area contributed by atoms with Crippen LogP contribution in [0.2, 0.25) is 0 Å². The molecule has 1 rings (SSSR count). The van der Waals surface area contributed by atoms with Crippen molar-refractivity contribution in [2.24, 2.45) is 0 Å². The topological polar surface area (TPSA) is 42.3 Å². The van der Waals surface area contributed by atoms with Gasteiger partial charge in [0.2, 0.25) is 6.41 Å². The summed E-state index contributed by atoms with van der Waals surface area (Å²) in [5, 5.41) is 0. The van der Waals surface area contributed by atoms with Gasteiger partial charge in [0, 0.05) is 0 Å². The van der Waals surface area contributed by atoms with Crippen LogP contribution in [-0.4, -0.2) is 19.6 Å². The molecular weight excluding hydrogens is 94.0 g/mol. The second kappa shape index (κ2) is 2.26. The van der Waals surface area contributed by atoms with E-state index in [1.807, 2.05) is 0 Å². The maximum atomic E-state index is 6.83. The molecule has 0 atom stereocenters.